The third-order valence-electron chi connectivity index (χ3n) is 3.66. The topological polar surface area (TPSA) is 64.3 Å². The van der Waals surface area contributed by atoms with E-state index in [2.05, 4.69) is 14.9 Å². The van der Waals surface area contributed by atoms with E-state index in [1.807, 2.05) is 18.2 Å². The second-order valence-electron chi connectivity index (χ2n) is 4.90. The summed E-state index contributed by atoms with van der Waals surface area (Å²) in [6.45, 7) is 1.92. The van der Waals surface area contributed by atoms with Crippen LogP contribution in [0.2, 0.25) is 0 Å². The predicted octanol–water partition coefficient (Wildman–Crippen LogP) is 1.57. The van der Waals surface area contributed by atoms with E-state index in [1.54, 1.807) is 13.4 Å². The number of benzene rings is 1. The number of methoxy groups -OCH3 is 1. The van der Waals surface area contributed by atoms with E-state index in [0.29, 0.717) is 6.04 Å². The van der Waals surface area contributed by atoms with E-state index < -0.39 is 0 Å². The highest BCUT2D eigenvalue weighted by atomic mass is 16.5. The number of nitrogens with two attached hydrogens (primary N) is 1. The van der Waals surface area contributed by atoms with Crippen molar-refractivity contribution in [3.05, 3.63) is 24.5 Å². The van der Waals surface area contributed by atoms with Crippen molar-refractivity contribution in [1.82, 2.24) is 9.97 Å². The molecule has 1 aromatic carbocycles. The molecule has 1 aromatic heterocycles. The van der Waals surface area contributed by atoms with Gasteiger partial charge in [0.25, 0.3) is 0 Å². The van der Waals surface area contributed by atoms with Crippen LogP contribution in [0.5, 0.6) is 5.75 Å². The molecule has 5 heteroatoms. The molecule has 19 heavy (non-hydrogen) atoms. The van der Waals surface area contributed by atoms with Crippen LogP contribution in [-0.2, 0) is 0 Å². The fourth-order valence-corrected chi connectivity index (χ4v) is 2.51. The van der Waals surface area contributed by atoms with Crippen LogP contribution in [-0.4, -0.2) is 36.2 Å². The van der Waals surface area contributed by atoms with Crippen LogP contribution in [0.25, 0.3) is 10.9 Å². The molecule has 2 heterocycles. The zero-order valence-electron chi connectivity index (χ0n) is 11.0. The summed E-state index contributed by atoms with van der Waals surface area (Å²) in [5, 5.41) is 1.07. The molecule has 0 amide bonds. The number of piperidine rings is 1. The van der Waals surface area contributed by atoms with Gasteiger partial charge in [0.1, 0.15) is 17.9 Å². The lowest BCUT2D eigenvalue weighted by Gasteiger charge is -2.31. The Morgan fingerprint density at radius 3 is 2.79 bits per heavy atom. The summed E-state index contributed by atoms with van der Waals surface area (Å²) < 4.78 is 5.23. The van der Waals surface area contributed by atoms with Crippen LogP contribution in [0.15, 0.2) is 24.5 Å². The van der Waals surface area contributed by atoms with Gasteiger partial charge in [-0.15, -0.1) is 0 Å². The van der Waals surface area contributed by atoms with Crippen molar-refractivity contribution in [2.24, 2.45) is 5.73 Å². The zero-order valence-corrected chi connectivity index (χ0v) is 11.0. The molecule has 2 aromatic rings. The first kappa shape index (κ1) is 12.2. The summed E-state index contributed by atoms with van der Waals surface area (Å²) in [5.41, 5.74) is 6.87. The minimum absolute atomic E-state index is 0.324. The van der Waals surface area contributed by atoms with Crippen LogP contribution in [0, 0.1) is 0 Å². The van der Waals surface area contributed by atoms with Crippen LogP contribution in [0.4, 0.5) is 5.82 Å². The van der Waals surface area contributed by atoms with Crippen molar-refractivity contribution in [2.75, 3.05) is 25.1 Å². The smallest absolute Gasteiger partial charge is 0.139 e. The fourth-order valence-electron chi connectivity index (χ4n) is 2.51. The van der Waals surface area contributed by atoms with Gasteiger partial charge in [0.15, 0.2) is 0 Å². The monoisotopic (exact) mass is 258 g/mol. The zero-order chi connectivity index (χ0) is 13.2. The SMILES string of the molecule is COc1ccc2c(N3CCC(N)CC3)ncnc2c1. The fraction of sp³-hybridized carbons (Fsp3) is 0.429. The standard InChI is InChI=1S/C14H18N4O/c1-19-11-2-3-12-13(8-11)16-9-17-14(12)18-6-4-10(15)5-7-18/h2-3,8-10H,4-7,15H2,1H3. The minimum atomic E-state index is 0.324. The third kappa shape index (κ3) is 2.33. The van der Waals surface area contributed by atoms with Gasteiger partial charge in [0.05, 0.1) is 12.6 Å². The minimum Gasteiger partial charge on any atom is -0.497 e. The predicted molar refractivity (Wildman–Crippen MR) is 75.5 cm³/mol. The second-order valence-corrected chi connectivity index (χ2v) is 4.90. The Hall–Kier alpha value is -1.88. The van der Waals surface area contributed by atoms with Gasteiger partial charge < -0.3 is 15.4 Å². The van der Waals surface area contributed by atoms with E-state index in [-0.39, 0.29) is 0 Å². The molecule has 1 aliphatic rings. The third-order valence-corrected chi connectivity index (χ3v) is 3.66. The molecular formula is C14H18N4O. The van der Waals surface area contributed by atoms with Crippen molar-refractivity contribution < 1.29 is 4.74 Å². The van der Waals surface area contributed by atoms with Crippen molar-refractivity contribution >= 4 is 16.7 Å². The molecule has 1 fully saturated rings. The molecule has 3 rings (SSSR count). The first-order chi connectivity index (χ1) is 9.28. The summed E-state index contributed by atoms with van der Waals surface area (Å²) in [7, 11) is 1.66. The maximum absolute atomic E-state index is 5.95. The number of ether oxygens (including phenoxy) is 1. The van der Waals surface area contributed by atoms with E-state index >= 15 is 0 Å². The van der Waals surface area contributed by atoms with Gasteiger partial charge in [-0.1, -0.05) is 0 Å². The second kappa shape index (κ2) is 5.01. The van der Waals surface area contributed by atoms with Crippen LogP contribution >= 0.6 is 0 Å². The summed E-state index contributed by atoms with van der Waals surface area (Å²) in [6.07, 6.45) is 3.65. The quantitative estimate of drug-likeness (QED) is 0.885. The highest BCUT2D eigenvalue weighted by Gasteiger charge is 2.19. The van der Waals surface area contributed by atoms with E-state index in [9.17, 15) is 0 Å². The Morgan fingerprint density at radius 1 is 1.26 bits per heavy atom. The van der Waals surface area contributed by atoms with Crippen molar-refractivity contribution in [1.29, 1.82) is 0 Å². The summed E-state index contributed by atoms with van der Waals surface area (Å²) in [5.74, 6) is 1.82. The Kier molecular flexibility index (Phi) is 3.21. The van der Waals surface area contributed by atoms with Crippen molar-refractivity contribution in [3.8, 4) is 5.75 Å². The number of rotatable bonds is 2. The first-order valence-corrected chi connectivity index (χ1v) is 6.57. The number of aromatic nitrogens is 2. The van der Waals surface area contributed by atoms with Gasteiger partial charge in [0, 0.05) is 30.6 Å². The molecule has 0 bridgehead atoms. The van der Waals surface area contributed by atoms with Gasteiger partial charge in [-0.05, 0) is 25.0 Å². The summed E-state index contributed by atoms with van der Waals surface area (Å²) in [4.78, 5) is 11.1. The lowest BCUT2D eigenvalue weighted by Crippen LogP contribution is -2.40. The average molecular weight is 258 g/mol. The van der Waals surface area contributed by atoms with Crippen molar-refractivity contribution in [3.63, 3.8) is 0 Å². The Balaban J connectivity index is 1.99. The van der Waals surface area contributed by atoms with Gasteiger partial charge in [-0.25, -0.2) is 9.97 Å². The number of hydrogen-bond acceptors (Lipinski definition) is 5. The van der Waals surface area contributed by atoms with Gasteiger partial charge in [0.2, 0.25) is 0 Å². The van der Waals surface area contributed by atoms with E-state index in [0.717, 1.165) is 48.4 Å². The maximum atomic E-state index is 5.95. The van der Waals surface area contributed by atoms with Gasteiger partial charge in [-0.2, -0.15) is 0 Å². The van der Waals surface area contributed by atoms with E-state index in [4.69, 9.17) is 10.5 Å². The molecule has 0 radical (unpaired) electrons. The number of anilines is 1. The highest BCUT2D eigenvalue weighted by Crippen LogP contribution is 2.27. The average Bonchev–Trinajstić information content (AvgIpc) is 2.47. The number of nitrogens with zero attached hydrogens (tertiary/aromatic N) is 3. The molecular weight excluding hydrogens is 240 g/mol. The largest absolute Gasteiger partial charge is 0.497 e. The molecule has 0 atom stereocenters. The molecule has 0 unspecified atom stereocenters. The van der Waals surface area contributed by atoms with Crippen LogP contribution < -0.4 is 15.4 Å². The normalized spacial score (nSPS) is 16.8. The lowest BCUT2D eigenvalue weighted by atomic mass is 10.1. The Labute approximate surface area is 112 Å². The molecule has 0 spiro atoms. The van der Waals surface area contributed by atoms with Crippen LogP contribution in [0.1, 0.15) is 12.8 Å². The molecule has 0 saturated carbocycles. The molecule has 100 valence electrons. The summed E-state index contributed by atoms with van der Waals surface area (Å²) >= 11 is 0. The summed E-state index contributed by atoms with van der Waals surface area (Å²) in [6, 6.07) is 6.24. The molecule has 0 aliphatic carbocycles. The molecule has 1 aliphatic heterocycles. The first-order valence-electron chi connectivity index (χ1n) is 6.57. The lowest BCUT2D eigenvalue weighted by molar-refractivity contribution is 0.415. The van der Waals surface area contributed by atoms with Crippen molar-refractivity contribution in [2.45, 2.75) is 18.9 Å². The number of hydrogen-bond donors (Lipinski definition) is 1. The van der Waals surface area contributed by atoms with Gasteiger partial charge in [-0.3, -0.25) is 0 Å². The molecule has 5 nitrogen and oxygen atoms in total. The van der Waals surface area contributed by atoms with Crippen LogP contribution in [0.3, 0.4) is 0 Å². The molecule has 2 N–H and O–H groups in total. The maximum Gasteiger partial charge on any atom is 0.139 e. The van der Waals surface area contributed by atoms with Gasteiger partial charge >= 0.3 is 0 Å². The Morgan fingerprint density at radius 2 is 2.05 bits per heavy atom. The molecule has 1 saturated heterocycles. The Bertz CT molecular complexity index is 579. The van der Waals surface area contributed by atoms with E-state index in [1.165, 1.54) is 0 Å². The highest BCUT2D eigenvalue weighted by molar-refractivity contribution is 5.90. The number of fused-ring (bicyclic) bond motifs is 1.